The van der Waals surface area contributed by atoms with Crippen molar-refractivity contribution in [3.05, 3.63) is 71.3 Å². The Bertz CT molecular complexity index is 915. The fourth-order valence-corrected chi connectivity index (χ4v) is 3.71. The zero-order valence-electron chi connectivity index (χ0n) is 16.9. The van der Waals surface area contributed by atoms with E-state index in [9.17, 15) is 24.6 Å². The highest BCUT2D eigenvalue weighted by atomic mass is 16.4. The molecule has 158 valence electrons. The molecule has 7 heteroatoms. The standard InChI is InChI=1S/C23H26N2O5/c1-16(21(26)27)14-24(12-11-17-7-3-2-4-8-17)23(30)25-15-19-10-6-5-9-18(19)13-20(25)22(28)29/h2-10,16,20H,11-15H2,1H3,(H,26,27)(H,28,29)/t16?,20-/m0/s1. The largest absolute Gasteiger partial charge is 0.481 e. The molecular weight excluding hydrogens is 384 g/mol. The second kappa shape index (κ2) is 9.43. The van der Waals surface area contributed by atoms with Crippen LogP contribution in [0.5, 0.6) is 0 Å². The van der Waals surface area contributed by atoms with Crippen LogP contribution in [0.1, 0.15) is 23.6 Å². The summed E-state index contributed by atoms with van der Waals surface area (Å²) in [4.78, 5) is 39.5. The van der Waals surface area contributed by atoms with Crippen molar-refractivity contribution in [2.24, 2.45) is 5.92 Å². The maximum Gasteiger partial charge on any atom is 0.326 e. The maximum atomic E-state index is 13.4. The van der Waals surface area contributed by atoms with Crippen LogP contribution in [-0.4, -0.2) is 57.1 Å². The van der Waals surface area contributed by atoms with E-state index in [2.05, 4.69) is 0 Å². The van der Waals surface area contributed by atoms with Gasteiger partial charge in [-0.2, -0.15) is 0 Å². The van der Waals surface area contributed by atoms with Crippen LogP contribution in [0.15, 0.2) is 54.6 Å². The molecule has 2 amide bonds. The van der Waals surface area contributed by atoms with Crippen LogP contribution in [0.4, 0.5) is 4.79 Å². The van der Waals surface area contributed by atoms with E-state index in [1.165, 1.54) is 9.80 Å². The lowest BCUT2D eigenvalue weighted by atomic mass is 9.94. The molecule has 0 radical (unpaired) electrons. The smallest absolute Gasteiger partial charge is 0.326 e. The van der Waals surface area contributed by atoms with Crippen LogP contribution in [0.25, 0.3) is 0 Å². The summed E-state index contributed by atoms with van der Waals surface area (Å²) in [6, 6.07) is 15.7. The Hall–Kier alpha value is -3.35. The normalized spacial score (nSPS) is 16.4. The number of aliphatic carboxylic acids is 2. The Morgan fingerprint density at radius 2 is 1.67 bits per heavy atom. The van der Waals surface area contributed by atoms with Crippen molar-refractivity contribution in [3.63, 3.8) is 0 Å². The number of hydrogen-bond acceptors (Lipinski definition) is 3. The van der Waals surface area contributed by atoms with Gasteiger partial charge in [-0.15, -0.1) is 0 Å². The average molecular weight is 410 g/mol. The van der Waals surface area contributed by atoms with Crippen LogP contribution in [0, 0.1) is 5.92 Å². The van der Waals surface area contributed by atoms with E-state index in [1.54, 1.807) is 6.92 Å². The molecule has 1 heterocycles. The summed E-state index contributed by atoms with van der Waals surface area (Å²) in [7, 11) is 0. The van der Waals surface area contributed by atoms with E-state index in [-0.39, 0.29) is 19.5 Å². The highest BCUT2D eigenvalue weighted by Gasteiger charge is 2.37. The number of benzene rings is 2. The summed E-state index contributed by atoms with van der Waals surface area (Å²) in [5.74, 6) is -2.82. The third kappa shape index (κ3) is 4.97. The third-order valence-corrected chi connectivity index (χ3v) is 5.48. The Morgan fingerprint density at radius 3 is 2.30 bits per heavy atom. The van der Waals surface area contributed by atoms with Gasteiger partial charge >= 0.3 is 18.0 Å². The van der Waals surface area contributed by atoms with Crippen LogP contribution in [0.2, 0.25) is 0 Å². The van der Waals surface area contributed by atoms with Gasteiger partial charge in [-0.25, -0.2) is 9.59 Å². The monoisotopic (exact) mass is 410 g/mol. The van der Waals surface area contributed by atoms with Gasteiger partial charge in [0, 0.05) is 26.1 Å². The van der Waals surface area contributed by atoms with Crippen molar-refractivity contribution in [3.8, 4) is 0 Å². The molecule has 2 aromatic rings. The lowest BCUT2D eigenvalue weighted by Crippen LogP contribution is -2.54. The van der Waals surface area contributed by atoms with Gasteiger partial charge in [0.2, 0.25) is 0 Å². The molecule has 0 aromatic heterocycles. The molecule has 7 nitrogen and oxygen atoms in total. The molecule has 0 spiro atoms. The molecule has 1 aliphatic heterocycles. The number of carbonyl (C=O) groups is 3. The lowest BCUT2D eigenvalue weighted by molar-refractivity contribution is -0.144. The summed E-state index contributed by atoms with van der Waals surface area (Å²) in [6.07, 6.45) is 0.791. The highest BCUT2D eigenvalue weighted by Crippen LogP contribution is 2.25. The first-order valence-corrected chi connectivity index (χ1v) is 9.98. The molecule has 2 atom stereocenters. The first-order chi connectivity index (χ1) is 14.4. The van der Waals surface area contributed by atoms with Crippen molar-refractivity contribution in [1.82, 2.24) is 9.80 Å². The average Bonchev–Trinajstić information content (AvgIpc) is 2.75. The summed E-state index contributed by atoms with van der Waals surface area (Å²) in [5, 5.41) is 19.1. The minimum absolute atomic E-state index is 0.0193. The number of rotatable bonds is 7. The molecule has 0 saturated heterocycles. The van der Waals surface area contributed by atoms with Crippen LogP contribution < -0.4 is 0 Å². The number of urea groups is 1. The summed E-state index contributed by atoms with van der Waals surface area (Å²) >= 11 is 0. The number of amides is 2. The van der Waals surface area contributed by atoms with E-state index in [1.807, 2.05) is 54.6 Å². The fraction of sp³-hybridized carbons (Fsp3) is 0.348. The Balaban J connectivity index is 1.84. The Kier molecular flexibility index (Phi) is 6.72. The quantitative estimate of drug-likeness (QED) is 0.731. The topological polar surface area (TPSA) is 98.2 Å². The number of carboxylic acid groups (broad SMARTS) is 2. The van der Waals surface area contributed by atoms with Gasteiger partial charge in [0.25, 0.3) is 0 Å². The second-order valence-corrected chi connectivity index (χ2v) is 7.66. The molecule has 30 heavy (non-hydrogen) atoms. The van der Waals surface area contributed by atoms with Gasteiger partial charge in [-0.05, 0) is 23.1 Å². The first-order valence-electron chi connectivity index (χ1n) is 9.98. The second-order valence-electron chi connectivity index (χ2n) is 7.66. The molecule has 2 aromatic carbocycles. The molecule has 1 unspecified atom stereocenters. The van der Waals surface area contributed by atoms with E-state index in [0.29, 0.717) is 13.0 Å². The molecule has 1 aliphatic rings. The van der Waals surface area contributed by atoms with E-state index >= 15 is 0 Å². The zero-order chi connectivity index (χ0) is 21.7. The first kappa shape index (κ1) is 21.4. The molecular formula is C23H26N2O5. The number of carbonyl (C=O) groups excluding carboxylic acids is 1. The minimum Gasteiger partial charge on any atom is -0.481 e. The minimum atomic E-state index is -1.06. The number of carboxylic acids is 2. The summed E-state index contributed by atoms with van der Waals surface area (Å²) in [5.41, 5.74) is 2.86. The van der Waals surface area contributed by atoms with Crippen LogP contribution >= 0.6 is 0 Å². The molecule has 0 fully saturated rings. The van der Waals surface area contributed by atoms with Gasteiger partial charge in [-0.1, -0.05) is 61.5 Å². The number of fused-ring (bicyclic) bond motifs is 1. The molecule has 3 rings (SSSR count). The van der Waals surface area contributed by atoms with E-state index < -0.39 is 29.9 Å². The predicted octanol–water partition coefficient (Wildman–Crippen LogP) is 2.88. The fourth-order valence-electron chi connectivity index (χ4n) is 3.71. The van der Waals surface area contributed by atoms with Gasteiger partial charge in [0.05, 0.1) is 5.92 Å². The third-order valence-electron chi connectivity index (χ3n) is 5.48. The summed E-state index contributed by atoms with van der Waals surface area (Å²) in [6.45, 7) is 2.07. The Labute approximate surface area is 175 Å². The molecule has 2 N–H and O–H groups in total. The summed E-state index contributed by atoms with van der Waals surface area (Å²) < 4.78 is 0. The Morgan fingerprint density at radius 1 is 1.03 bits per heavy atom. The van der Waals surface area contributed by atoms with Gasteiger partial charge in [0.1, 0.15) is 6.04 Å². The maximum absolute atomic E-state index is 13.4. The van der Waals surface area contributed by atoms with Crippen molar-refractivity contribution < 1.29 is 24.6 Å². The van der Waals surface area contributed by atoms with Crippen LogP contribution in [-0.2, 0) is 29.0 Å². The SMILES string of the molecule is CC(CN(CCc1ccccc1)C(=O)N1Cc2ccccc2C[C@H]1C(=O)O)C(=O)O. The molecule has 0 bridgehead atoms. The highest BCUT2D eigenvalue weighted by molar-refractivity contribution is 5.84. The lowest BCUT2D eigenvalue weighted by Gasteiger charge is -2.38. The van der Waals surface area contributed by atoms with Crippen molar-refractivity contribution in [2.75, 3.05) is 13.1 Å². The van der Waals surface area contributed by atoms with Crippen molar-refractivity contribution in [2.45, 2.75) is 32.4 Å². The van der Waals surface area contributed by atoms with Gasteiger partial charge in [-0.3, -0.25) is 4.79 Å². The van der Waals surface area contributed by atoms with Gasteiger partial charge in [0.15, 0.2) is 0 Å². The van der Waals surface area contributed by atoms with Gasteiger partial charge < -0.3 is 20.0 Å². The van der Waals surface area contributed by atoms with Crippen molar-refractivity contribution in [1.29, 1.82) is 0 Å². The predicted molar refractivity (Wildman–Crippen MR) is 111 cm³/mol. The number of hydrogen-bond donors (Lipinski definition) is 2. The number of nitrogens with zero attached hydrogens (tertiary/aromatic N) is 2. The van der Waals surface area contributed by atoms with E-state index in [4.69, 9.17) is 0 Å². The van der Waals surface area contributed by atoms with Crippen LogP contribution in [0.3, 0.4) is 0 Å². The molecule has 0 saturated carbocycles. The van der Waals surface area contributed by atoms with E-state index in [0.717, 1.165) is 16.7 Å². The molecule has 0 aliphatic carbocycles. The zero-order valence-corrected chi connectivity index (χ0v) is 16.9. The van der Waals surface area contributed by atoms with Crippen molar-refractivity contribution >= 4 is 18.0 Å².